The largest absolute Gasteiger partial charge is 0.382 e. The molecule has 21 heavy (non-hydrogen) atoms. The van der Waals surface area contributed by atoms with Crippen molar-refractivity contribution in [1.82, 2.24) is 10.3 Å². The Labute approximate surface area is 126 Å². The van der Waals surface area contributed by atoms with Crippen molar-refractivity contribution in [3.05, 3.63) is 36.0 Å². The number of para-hydroxylation sites is 1. The zero-order valence-electron chi connectivity index (χ0n) is 13.3. The molecule has 1 atom stereocenters. The lowest BCUT2D eigenvalue weighted by Gasteiger charge is -2.15. The molecule has 2 aromatic rings. The Morgan fingerprint density at radius 3 is 2.67 bits per heavy atom. The lowest BCUT2D eigenvalue weighted by atomic mass is 10.1. The van der Waals surface area contributed by atoms with Crippen molar-refractivity contribution in [3.8, 4) is 0 Å². The summed E-state index contributed by atoms with van der Waals surface area (Å²) in [4.78, 5) is 4.72. The third-order valence-corrected chi connectivity index (χ3v) is 3.44. The number of hydrogen-bond acceptors (Lipinski definition) is 4. The van der Waals surface area contributed by atoms with Crippen LogP contribution in [0.25, 0.3) is 10.9 Å². The molecule has 0 saturated heterocycles. The van der Waals surface area contributed by atoms with E-state index < -0.39 is 0 Å². The fourth-order valence-corrected chi connectivity index (χ4v) is 2.11. The van der Waals surface area contributed by atoms with Gasteiger partial charge in [-0.3, -0.25) is 4.98 Å². The molecule has 4 nitrogen and oxygen atoms in total. The van der Waals surface area contributed by atoms with Gasteiger partial charge in [-0.2, -0.15) is 0 Å². The van der Waals surface area contributed by atoms with Crippen LogP contribution in [0.3, 0.4) is 0 Å². The molecule has 1 unspecified atom stereocenters. The summed E-state index contributed by atoms with van der Waals surface area (Å²) < 4.78 is 5.30. The van der Waals surface area contributed by atoms with E-state index in [1.807, 2.05) is 12.1 Å². The second-order valence-electron chi connectivity index (χ2n) is 5.64. The number of nitrogens with one attached hydrogen (secondary N) is 2. The molecule has 1 heterocycles. The van der Waals surface area contributed by atoms with Crippen LogP contribution in [-0.4, -0.2) is 30.8 Å². The molecule has 0 aliphatic rings. The van der Waals surface area contributed by atoms with Gasteiger partial charge in [-0.25, -0.2) is 0 Å². The van der Waals surface area contributed by atoms with E-state index in [1.165, 1.54) is 0 Å². The Balaban J connectivity index is 2.26. The molecular weight excluding hydrogens is 262 g/mol. The van der Waals surface area contributed by atoms with E-state index in [0.29, 0.717) is 6.04 Å². The SMILES string of the molecule is COC(C)CNc1cc(CNC(C)C)nc2ccccc12. The molecule has 0 aliphatic carbocycles. The molecule has 4 heteroatoms. The average molecular weight is 287 g/mol. The van der Waals surface area contributed by atoms with Crippen LogP contribution >= 0.6 is 0 Å². The smallest absolute Gasteiger partial charge is 0.0726 e. The highest BCUT2D eigenvalue weighted by molar-refractivity contribution is 5.91. The van der Waals surface area contributed by atoms with Crippen LogP contribution in [0, 0.1) is 0 Å². The number of anilines is 1. The maximum Gasteiger partial charge on any atom is 0.0726 e. The Bertz CT molecular complexity index is 583. The van der Waals surface area contributed by atoms with Gasteiger partial charge < -0.3 is 15.4 Å². The summed E-state index contributed by atoms with van der Waals surface area (Å²) >= 11 is 0. The van der Waals surface area contributed by atoms with Crippen LogP contribution in [0.15, 0.2) is 30.3 Å². The van der Waals surface area contributed by atoms with Gasteiger partial charge in [0.25, 0.3) is 0 Å². The minimum Gasteiger partial charge on any atom is -0.382 e. The van der Waals surface area contributed by atoms with Crippen molar-refractivity contribution < 1.29 is 4.74 Å². The predicted molar refractivity (Wildman–Crippen MR) is 88.7 cm³/mol. The topological polar surface area (TPSA) is 46.2 Å². The van der Waals surface area contributed by atoms with Crippen molar-refractivity contribution in [2.24, 2.45) is 0 Å². The van der Waals surface area contributed by atoms with Gasteiger partial charge in [0.15, 0.2) is 0 Å². The van der Waals surface area contributed by atoms with E-state index in [2.05, 4.69) is 49.6 Å². The highest BCUT2D eigenvalue weighted by Gasteiger charge is 2.07. The standard InChI is InChI=1S/C17H25N3O/c1-12(2)18-11-14-9-17(19-10-13(3)21-4)15-7-5-6-8-16(15)20-14/h5-9,12-13,18H,10-11H2,1-4H3,(H,19,20). The van der Waals surface area contributed by atoms with Crippen LogP contribution in [0.5, 0.6) is 0 Å². The number of fused-ring (bicyclic) bond motifs is 1. The van der Waals surface area contributed by atoms with Crippen molar-refractivity contribution >= 4 is 16.6 Å². The van der Waals surface area contributed by atoms with Gasteiger partial charge in [0.05, 0.1) is 17.3 Å². The predicted octanol–water partition coefficient (Wildman–Crippen LogP) is 3.18. The van der Waals surface area contributed by atoms with Crippen molar-refractivity contribution in [1.29, 1.82) is 0 Å². The lowest BCUT2D eigenvalue weighted by Crippen LogP contribution is -2.23. The maximum absolute atomic E-state index is 5.30. The Hall–Kier alpha value is -1.65. The number of ether oxygens (including phenoxy) is 1. The number of nitrogens with zero attached hydrogens (tertiary/aromatic N) is 1. The van der Waals surface area contributed by atoms with Crippen LogP contribution in [-0.2, 0) is 11.3 Å². The number of aromatic nitrogens is 1. The van der Waals surface area contributed by atoms with Gasteiger partial charge in [0.2, 0.25) is 0 Å². The molecule has 0 aliphatic heterocycles. The number of rotatable bonds is 7. The van der Waals surface area contributed by atoms with Gasteiger partial charge in [0.1, 0.15) is 0 Å². The van der Waals surface area contributed by atoms with Gasteiger partial charge >= 0.3 is 0 Å². The quantitative estimate of drug-likeness (QED) is 0.821. The zero-order chi connectivity index (χ0) is 15.2. The first kappa shape index (κ1) is 15.7. The second kappa shape index (κ2) is 7.38. The molecule has 0 spiro atoms. The van der Waals surface area contributed by atoms with Crippen molar-refractivity contribution in [2.75, 3.05) is 19.0 Å². The summed E-state index contributed by atoms with van der Waals surface area (Å²) in [6.45, 7) is 7.89. The van der Waals surface area contributed by atoms with Crippen LogP contribution in [0.2, 0.25) is 0 Å². The van der Waals surface area contributed by atoms with E-state index in [4.69, 9.17) is 9.72 Å². The fraction of sp³-hybridized carbons (Fsp3) is 0.471. The second-order valence-corrected chi connectivity index (χ2v) is 5.64. The number of hydrogen-bond donors (Lipinski definition) is 2. The van der Waals surface area contributed by atoms with E-state index in [9.17, 15) is 0 Å². The minimum absolute atomic E-state index is 0.175. The molecular formula is C17H25N3O. The molecule has 1 aromatic carbocycles. The summed E-state index contributed by atoms with van der Waals surface area (Å²) in [6.07, 6.45) is 0.175. The monoisotopic (exact) mass is 287 g/mol. The first-order chi connectivity index (χ1) is 10.1. The van der Waals surface area contributed by atoms with Crippen molar-refractivity contribution in [2.45, 2.75) is 39.5 Å². The molecule has 2 rings (SSSR count). The highest BCUT2D eigenvalue weighted by Crippen LogP contribution is 2.23. The van der Waals surface area contributed by atoms with E-state index in [-0.39, 0.29) is 6.10 Å². The minimum atomic E-state index is 0.175. The van der Waals surface area contributed by atoms with Crippen molar-refractivity contribution in [3.63, 3.8) is 0 Å². The lowest BCUT2D eigenvalue weighted by molar-refractivity contribution is 0.129. The van der Waals surface area contributed by atoms with Crippen LogP contribution in [0.4, 0.5) is 5.69 Å². The van der Waals surface area contributed by atoms with Crippen LogP contribution in [0.1, 0.15) is 26.5 Å². The highest BCUT2D eigenvalue weighted by atomic mass is 16.5. The summed E-state index contributed by atoms with van der Waals surface area (Å²) in [6, 6.07) is 10.8. The maximum atomic E-state index is 5.30. The third-order valence-electron chi connectivity index (χ3n) is 3.44. The summed E-state index contributed by atoms with van der Waals surface area (Å²) in [7, 11) is 1.73. The molecule has 114 valence electrons. The Morgan fingerprint density at radius 2 is 1.95 bits per heavy atom. The summed E-state index contributed by atoms with van der Waals surface area (Å²) in [5.74, 6) is 0. The van der Waals surface area contributed by atoms with Crippen LogP contribution < -0.4 is 10.6 Å². The molecule has 1 aromatic heterocycles. The molecule has 0 amide bonds. The number of methoxy groups -OCH3 is 1. The first-order valence-corrected chi connectivity index (χ1v) is 7.49. The fourth-order valence-electron chi connectivity index (χ4n) is 2.11. The number of benzene rings is 1. The molecule has 2 N–H and O–H groups in total. The first-order valence-electron chi connectivity index (χ1n) is 7.49. The normalized spacial score (nSPS) is 12.8. The zero-order valence-corrected chi connectivity index (χ0v) is 13.3. The van der Waals surface area contributed by atoms with E-state index in [0.717, 1.165) is 35.4 Å². The number of pyridine rings is 1. The third kappa shape index (κ3) is 4.41. The van der Waals surface area contributed by atoms with E-state index >= 15 is 0 Å². The molecule has 0 bridgehead atoms. The average Bonchev–Trinajstić information content (AvgIpc) is 2.50. The van der Waals surface area contributed by atoms with E-state index in [1.54, 1.807) is 7.11 Å². The van der Waals surface area contributed by atoms with Gasteiger partial charge in [-0.05, 0) is 19.1 Å². The molecule has 0 radical (unpaired) electrons. The van der Waals surface area contributed by atoms with Gasteiger partial charge in [-0.15, -0.1) is 0 Å². The summed E-state index contributed by atoms with van der Waals surface area (Å²) in [5, 5.41) is 8.04. The Kier molecular flexibility index (Phi) is 5.53. The Morgan fingerprint density at radius 1 is 1.19 bits per heavy atom. The summed E-state index contributed by atoms with van der Waals surface area (Å²) in [5.41, 5.74) is 3.19. The van der Waals surface area contributed by atoms with Gasteiger partial charge in [0, 0.05) is 37.3 Å². The molecule has 0 saturated carbocycles. The van der Waals surface area contributed by atoms with Gasteiger partial charge in [-0.1, -0.05) is 32.0 Å². The molecule has 0 fully saturated rings.